The van der Waals surface area contributed by atoms with Gasteiger partial charge in [-0.05, 0) is 12.1 Å². The van der Waals surface area contributed by atoms with E-state index < -0.39 is 26.1 Å². The van der Waals surface area contributed by atoms with E-state index in [9.17, 15) is 21.6 Å². The molecule has 0 aliphatic rings. The molecule has 0 amide bonds. The van der Waals surface area contributed by atoms with Crippen LogP contribution in [0.25, 0.3) is 4.85 Å². The van der Waals surface area contributed by atoms with Crippen molar-refractivity contribution in [2.24, 2.45) is 0 Å². The molecule has 92 valence electrons. The van der Waals surface area contributed by atoms with Gasteiger partial charge in [-0.2, -0.15) is 0 Å². The van der Waals surface area contributed by atoms with Crippen LogP contribution >= 0.6 is 10.7 Å². The third kappa shape index (κ3) is 3.80. The van der Waals surface area contributed by atoms with Gasteiger partial charge in [-0.1, -0.05) is 6.07 Å². The first kappa shape index (κ1) is 13.6. The zero-order valence-corrected chi connectivity index (χ0v) is 9.40. The van der Waals surface area contributed by atoms with Crippen molar-refractivity contribution in [3.63, 3.8) is 0 Å². The number of nitrogens with zero attached hydrogens (tertiary/aromatic N) is 1. The number of alkyl halides is 3. The second-order valence-electron chi connectivity index (χ2n) is 2.73. The van der Waals surface area contributed by atoms with Gasteiger partial charge in [-0.15, -0.1) is 13.2 Å². The maximum Gasteiger partial charge on any atom is 0.573 e. The summed E-state index contributed by atoms with van der Waals surface area (Å²) in [6.07, 6.45) is -5.07. The first-order valence-corrected chi connectivity index (χ1v) is 6.16. The highest BCUT2D eigenvalue weighted by atomic mass is 35.7. The van der Waals surface area contributed by atoms with E-state index in [4.69, 9.17) is 17.3 Å². The second kappa shape index (κ2) is 4.43. The maximum atomic E-state index is 12.0. The molecule has 0 heterocycles. The molecule has 0 fully saturated rings. The molecule has 0 spiro atoms. The molecule has 1 aromatic rings. The fourth-order valence-electron chi connectivity index (χ4n) is 0.972. The number of ether oxygens (including phenoxy) is 1. The summed E-state index contributed by atoms with van der Waals surface area (Å²) in [6.45, 7) is 6.60. The van der Waals surface area contributed by atoms with Gasteiger partial charge in [0.2, 0.25) is 0 Å². The molecule has 0 saturated carbocycles. The van der Waals surface area contributed by atoms with Crippen LogP contribution in [-0.4, -0.2) is 14.8 Å². The van der Waals surface area contributed by atoms with Gasteiger partial charge in [0.25, 0.3) is 9.05 Å². The summed E-state index contributed by atoms with van der Waals surface area (Å²) < 4.78 is 61.5. The maximum absolute atomic E-state index is 12.0. The van der Waals surface area contributed by atoms with Crippen molar-refractivity contribution in [3.8, 4) is 5.75 Å². The normalized spacial score (nSPS) is 11.9. The molecule has 0 atom stereocenters. The first-order valence-electron chi connectivity index (χ1n) is 3.85. The molecule has 0 aliphatic carbocycles. The third-order valence-electron chi connectivity index (χ3n) is 1.54. The molecule has 1 rings (SSSR count). The topological polar surface area (TPSA) is 47.7 Å². The van der Waals surface area contributed by atoms with Gasteiger partial charge in [-0.3, -0.25) is 0 Å². The Bertz CT molecular complexity index is 577. The molecule has 0 aliphatic heterocycles. The Morgan fingerprint density at radius 3 is 2.35 bits per heavy atom. The van der Waals surface area contributed by atoms with E-state index in [1.54, 1.807) is 0 Å². The minimum absolute atomic E-state index is 0.201. The molecule has 0 N–H and O–H groups in total. The Morgan fingerprint density at radius 1 is 1.35 bits per heavy atom. The largest absolute Gasteiger partial charge is 0.573 e. The SMILES string of the molecule is [C-]#[N+]c1ccc(S(=O)(=O)Cl)c(OC(F)(F)F)c1. The van der Waals surface area contributed by atoms with Crippen LogP contribution in [0.4, 0.5) is 18.9 Å². The molecule has 4 nitrogen and oxygen atoms in total. The van der Waals surface area contributed by atoms with Crippen LogP contribution in [0.3, 0.4) is 0 Å². The quantitative estimate of drug-likeness (QED) is 0.620. The number of benzene rings is 1. The fraction of sp³-hybridized carbons (Fsp3) is 0.125. The Morgan fingerprint density at radius 2 is 1.94 bits per heavy atom. The molecule has 1 aromatic carbocycles. The summed E-state index contributed by atoms with van der Waals surface area (Å²) in [6, 6.07) is 2.44. The smallest absolute Gasteiger partial charge is 0.406 e. The van der Waals surface area contributed by atoms with E-state index in [0.717, 1.165) is 12.1 Å². The van der Waals surface area contributed by atoms with Crippen molar-refractivity contribution in [3.05, 3.63) is 29.6 Å². The van der Waals surface area contributed by atoms with Gasteiger partial charge in [-0.25, -0.2) is 13.3 Å². The lowest BCUT2D eigenvalue weighted by atomic mass is 10.3. The standard InChI is InChI=1S/C8H3ClF3NO3S/c1-13-5-2-3-7(17(9,14)15)6(4-5)16-8(10,11)12/h2-4H. The summed E-state index contributed by atoms with van der Waals surface area (Å²) in [4.78, 5) is 2.01. The van der Waals surface area contributed by atoms with E-state index >= 15 is 0 Å². The van der Waals surface area contributed by atoms with Crippen LogP contribution in [0.5, 0.6) is 5.75 Å². The average molecular weight is 286 g/mol. The van der Waals surface area contributed by atoms with Crippen molar-refractivity contribution in [1.29, 1.82) is 0 Å². The van der Waals surface area contributed by atoms with Gasteiger partial charge >= 0.3 is 6.36 Å². The summed E-state index contributed by atoms with van der Waals surface area (Å²) in [5.41, 5.74) is -0.201. The number of hydrogen-bond donors (Lipinski definition) is 0. The van der Waals surface area contributed by atoms with Crippen molar-refractivity contribution >= 4 is 25.4 Å². The summed E-state index contributed by atoms with van der Waals surface area (Å²) in [7, 11) is 0.549. The second-order valence-corrected chi connectivity index (χ2v) is 5.26. The van der Waals surface area contributed by atoms with Crippen LogP contribution in [0.2, 0.25) is 0 Å². The van der Waals surface area contributed by atoms with Crippen LogP contribution in [-0.2, 0) is 9.05 Å². The zero-order valence-electron chi connectivity index (χ0n) is 7.82. The predicted molar refractivity (Wildman–Crippen MR) is 52.4 cm³/mol. The van der Waals surface area contributed by atoms with E-state index in [1.807, 2.05) is 0 Å². The van der Waals surface area contributed by atoms with Crippen molar-refractivity contribution in [1.82, 2.24) is 0 Å². The van der Waals surface area contributed by atoms with Crippen molar-refractivity contribution < 1.29 is 26.3 Å². The van der Waals surface area contributed by atoms with Gasteiger partial charge in [0.05, 0.1) is 6.57 Å². The molecule has 0 radical (unpaired) electrons. The lowest BCUT2D eigenvalue weighted by Gasteiger charge is -2.11. The molecule has 17 heavy (non-hydrogen) atoms. The van der Waals surface area contributed by atoms with E-state index in [1.165, 1.54) is 0 Å². The van der Waals surface area contributed by atoms with Crippen molar-refractivity contribution in [2.45, 2.75) is 11.3 Å². The molecule has 0 unspecified atom stereocenters. The zero-order chi connectivity index (χ0) is 13.3. The monoisotopic (exact) mass is 285 g/mol. The summed E-state index contributed by atoms with van der Waals surface area (Å²) in [5, 5.41) is 0. The van der Waals surface area contributed by atoms with E-state index in [0.29, 0.717) is 6.07 Å². The lowest BCUT2D eigenvalue weighted by molar-refractivity contribution is -0.275. The van der Waals surface area contributed by atoms with Gasteiger partial charge < -0.3 is 4.74 Å². The van der Waals surface area contributed by atoms with E-state index in [-0.39, 0.29) is 5.69 Å². The number of rotatable bonds is 2. The van der Waals surface area contributed by atoms with Gasteiger partial charge in [0, 0.05) is 10.7 Å². The summed E-state index contributed by atoms with van der Waals surface area (Å²) in [5.74, 6) is -1.03. The minimum Gasteiger partial charge on any atom is -0.406 e. The predicted octanol–water partition coefficient (Wildman–Crippen LogP) is 3.06. The molecule has 0 bridgehead atoms. The highest BCUT2D eigenvalue weighted by Crippen LogP contribution is 2.34. The number of hydrogen-bond acceptors (Lipinski definition) is 3. The van der Waals surface area contributed by atoms with Crippen LogP contribution < -0.4 is 4.74 Å². The lowest BCUT2D eigenvalue weighted by Crippen LogP contribution is -2.18. The average Bonchev–Trinajstić information content (AvgIpc) is 2.13. The Kier molecular flexibility index (Phi) is 3.54. The van der Waals surface area contributed by atoms with Crippen LogP contribution in [0, 0.1) is 6.57 Å². The van der Waals surface area contributed by atoms with Gasteiger partial charge in [0.1, 0.15) is 10.6 Å². The Hall–Kier alpha value is -1.46. The fourth-order valence-corrected chi connectivity index (χ4v) is 1.93. The number of halogens is 4. The highest BCUT2D eigenvalue weighted by Gasteiger charge is 2.33. The van der Waals surface area contributed by atoms with Crippen LogP contribution in [0.1, 0.15) is 0 Å². The minimum atomic E-state index is -5.07. The summed E-state index contributed by atoms with van der Waals surface area (Å²) >= 11 is 0. The molecular formula is C8H3ClF3NO3S. The Balaban J connectivity index is 3.38. The highest BCUT2D eigenvalue weighted by molar-refractivity contribution is 8.13. The van der Waals surface area contributed by atoms with E-state index in [2.05, 4.69) is 9.58 Å². The Labute approximate surface area is 98.8 Å². The molecule has 0 saturated heterocycles. The first-order chi connectivity index (χ1) is 7.63. The van der Waals surface area contributed by atoms with Crippen LogP contribution in [0.15, 0.2) is 23.1 Å². The van der Waals surface area contributed by atoms with Gasteiger partial charge in [0.15, 0.2) is 5.69 Å². The van der Waals surface area contributed by atoms with Crippen molar-refractivity contribution in [2.75, 3.05) is 0 Å². The molecule has 0 aromatic heterocycles. The third-order valence-corrected chi connectivity index (χ3v) is 2.91. The molecular weight excluding hydrogens is 283 g/mol. The molecule has 9 heteroatoms.